The van der Waals surface area contributed by atoms with Crippen molar-refractivity contribution in [1.29, 1.82) is 0 Å². The van der Waals surface area contributed by atoms with Gasteiger partial charge in [0.15, 0.2) is 0 Å². The van der Waals surface area contributed by atoms with Crippen LogP contribution < -0.4 is 10.0 Å². The second-order valence-corrected chi connectivity index (χ2v) is 9.92. The van der Waals surface area contributed by atoms with Crippen molar-refractivity contribution in [3.8, 4) is 0 Å². The molecule has 0 amide bonds. The first-order chi connectivity index (χ1) is 14.9. The molecule has 3 aromatic rings. The van der Waals surface area contributed by atoms with Crippen LogP contribution in [0.25, 0.3) is 10.9 Å². The van der Waals surface area contributed by atoms with Crippen molar-refractivity contribution >= 4 is 26.6 Å². The number of hydrogen-bond acceptors (Lipinski definition) is 4. The van der Waals surface area contributed by atoms with Gasteiger partial charge in [0.25, 0.3) is 0 Å². The smallest absolute Gasteiger partial charge is 0.240 e. The molecule has 1 atom stereocenters. The van der Waals surface area contributed by atoms with Crippen LogP contribution in [0.15, 0.2) is 66.3 Å². The van der Waals surface area contributed by atoms with Crippen molar-refractivity contribution in [2.75, 3.05) is 25.0 Å². The highest BCUT2D eigenvalue weighted by atomic mass is 32.2. The Bertz CT molecular complexity index is 1190. The number of nitrogens with zero attached hydrogens (tertiary/aromatic N) is 2. The summed E-state index contributed by atoms with van der Waals surface area (Å²) >= 11 is 0. The van der Waals surface area contributed by atoms with Crippen molar-refractivity contribution in [1.82, 2.24) is 14.2 Å². The van der Waals surface area contributed by atoms with E-state index in [4.69, 9.17) is 0 Å². The Kier molecular flexibility index (Phi) is 6.18. The lowest BCUT2D eigenvalue weighted by Gasteiger charge is -2.27. The topological polar surface area (TPSA) is 66.4 Å². The quantitative estimate of drug-likeness (QED) is 0.554. The Morgan fingerprint density at radius 1 is 1.16 bits per heavy atom. The summed E-state index contributed by atoms with van der Waals surface area (Å²) in [5.41, 5.74) is 4.02. The average molecular weight is 439 g/mol. The van der Waals surface area contributed by atoms with Crippen molar-refractivity contribution in [2.24, 2.45) is 7.05 Å². The summed E-state index contributed by atoms with van der Waals surface area (Å²) in [6.45, 7) is 7.89. The van der Waals surface area contributed by atoms with Gasteiger partial charge in [0, 0.05) is 36.4 Å². The molecule has 1 aliphatic rings. The van der Waals surface area contributed by atoms with Crippen LogP contribution in [0.1, 0.15) is 30.0 Å². The maximum absolute atomic E-state index is 13.1. The van der Waals surface area contributed by atoms with Crippen LogP contribution in [-0.4, -0.2) is 37.5 Å². The lowest BCUT2D eigenvalue weighted by molar-refractivity contribution is 0.247. The third kappa shape index (κ3) is 4.39. The maximum atomic E-state index is 13.1. The summed E-state index contributed by atoms with van der Waals surface area (Å²) in [5, 5.41) is 4.18. The summed E-state index contributed by atoms with van der Waals surface area (Å²) < 4.78 is 31.3. The fourth-order valence-corrected chi connectivity index (χ4v) is 5.50. The minimum Gasteiger partial charge on any atom is -0.362 e. The molecule has 4 rings (SSSR count). The molecule has 0 spiro atoms. The highest BCUT2D eigenvalue weighted by Crippen LogP contribution is 2.32. The molecule has 164 valence electrons. The van der Waals surface area contributed by atoms with E-state index in [0.29, 0.717) is 6.54 Å². The predicted octanol–water partition coefficient (Wildman–Crippen LogP) is 4.16. The number of aromatic nitrogens is 1. The molecule has 0 bridgehead atoms. The van der Waals surface area contributed by atoms with E-state index in [-0.39, 0.29) is 10.9 Å². The van der Waals surface area contributed by atoms with Gasteiger partial charge in [-0.25, -0.2) is 13.1 Å². The predicted molar refractivity (Wildman–Crippen MR) is 127 cm³/mol. The molecule has 2 N–H and O–H groups in total. The third-order valence-electron chi connectivity index (χ3n) is 6.11. The first-order valence-electron chi connectivity index (χ1n) is 10.7. The average Bonchev–Trinajstić information content (AvgIpc) is 3.39. The summed E-state index contributed by atoms with van der Waals surface area (Å²) in [7, 11) is -1.62. The van der Waals surface area contributed by atoms with Crippen LogP contribution in [0.3, 0.4) is 0 Å². The Balaban J connectivity index is 1.64. The van der Waals surface area contributed by atoms with Gasteiger partial charge in [0.05, 0.1) is 10.9 Å². The second kappa shape index (κ2) is 8.86. The number of likely N-dealkylation sites (tertiary alicyclic amines) is 1. The van der Waals surface area contributed by atoms with Crippen molar-refractivity contribution < 1.29 is 8.42 Å². The van der Waals surface area contributed by atoms with Crippen LogP contribution in [0.4, 0.5) is 5.69 Å². The number of rotatable bonds is 8. The molecule has 0 saturated carbocycles. The minimum atomic E-state index is -3.65. The number of para-hydroxylation sites is 1. The van der Waals surface area contributed by atoms with E-state index >= 15 is 0 Å². The zero-order chi connectivity index (χ0) is 22.0. The number of nitrogens with one attached hydrogen (secondary N) is 2. The Hall–Kier alpha value is -2.61. The fourth-order valence-electron chi connectivity index (χ4n) is 4.43. The van der Waals surface area contributed by atoms with Crippen molar-refractivity contribution in [2.45, 2.75) is 30.7 Å². The van der Waals surface area contributed by atoms with Gasteiger partial charge in [-0.3, -0.25) is 4.90 Å². The van der Waals surface area contributed by atoms with E-state index in [0.717, 1.165) is 42.7 Å². The number of anilines is 1. The number of aryl methyl sites for hydroxylation is 2. The van der Waals surface area contributed by atoms with Gasteiger partial charge in [-0.1, -0.05) is 30.8 Å². The van der Waals surface area contributed by atoms with Gasteiger partial charge in [0.1, 0.15) is 0 Å². The minimum absolute atomic E-state index is 0.0143. The number of sulfonamides is 1. The molecular formula is C24H30N4O2S. The van der Waals surface area contributed by atoms with Gasteiger partial charge < -0.3 is 9.88 Å². The van der Waals surface area contributed by atoms with Crippen LogP contribution in [0, 0.1) is 6.92 Å². The maximum Gasteiger partial charge on any atom is 0.240 e. The van der Waals surface area contributed by atoms with Gasteiger partial charge in [-0.2, -0.15) is 0 Å². The number of benzene rings is 2. The summed E-state index contributed by atoms with van der Waals surface area (Å²) in [6.07, 6.45) is 5.97. The monoisotopic (exact) mass is 438 g/mol. The highest BCUT2D eigenvalue weighted by Gasteiger charge is 2.28. The summed E-state index contributed by atoms with van der Waals surface area (Å²) in [5.74, 6) is 0. The molecule has 2 aromatic carbocycles. The molecule has 1 aliphatic heterocycles. The van der Waals surface area contributed by atoms with Crippen LogP contribution in [-0.2, 0) is 17.1 Å². The molecular weight excluding hydrogens is 408 g/mol. The molecule has 6 nitrogen and oxygen atoms in total. The van der Waals surface area contributed by atoms with Crippen LogP contribution >= 0.6 is 0 Å². The molecule has 0 radical (unpaired) electrons. The van der Waals surface area contributed by atoms with Gasteiger partial charge in [0.2, 0.25) is 10.0 Å². The first-order valence-corrected chi connectivity index (χ1v) is 12.1. The summed E-state index contributed by atoms with van der Waals surface area (Å²) in [4.78, 5) is 2.64. The van der Waals surface area contributed by atoms with E-state index in [9.17, 15) is 8.42 Å². The van der Waals surface area contributed by atoms with E-state index in [1.807, 2.05) is 32.2 Å². The van der Waals surface area contributed by atoms with Crippen LogP contribution in [0.5, 0.6) is 0 Å². The normalized spacial score (nSPS) is 15.9. The standard InChI is InChI=1S/C24H30N4O2S/c1-4-25-22-15-19(12-11-18(22)2)31(29,30)26-16-24(28-13-7-8-14-28)21-17-27(3)23-10-6-5-9-20(21)23/h4-6,9-12,15,17,24-26H,1,7-8,13-14,16H2,2-3H3. The Morgan fingerprint density at radius 2 is 1.90 bits per heavy atom. The van der Waals surface area contributed by atoms with Crippen LogP contribution in [0.2, 0.25) is 0 Å². The zero-order valence-corrected chi connectivity index (χ0v) is 19.0. The van der Waals surface area contributed by atoms with Gasteiger partial charge >= 0.3 is 0 Å². The molecule has 31 heavy (non-hydrogen) atoms. The lowest BCUT2D eigenvalue weighted by Crippen LogP contribution is -2.36. The largest absolute Gasteiger partial charge is 0.362 e. The van der Waals surface area contributed by atoms with Gasteiger partial charge in [-0.15, -0.1) is 0 Å². The molecule has 1 aromatic heterocycles. The fraction of sp³-hybridized carbons (Fsp3) is 0.333. The molecule has 1 fully saturated rings. The Morgan fingerprint density at radius 3 is 2.65 bits per heavy atom. The van der Waals surface area contributed by atoms with Crippen molar-refractivity contribution in [3.63, 3.8) is 0 Å². The third-order valence-corrected chi connectivity index (χ3v) is 7.53. The molecule has 1 saturated heterocycles. The van der Waals surface area contributed by atoms with Gasteiger partial charge in [-0.05, 0) is 68.4 Å². The first kappa shape index (κ1) is 21.6. The van der Waals surface area contributed by atoms with Crippen molar-refractivity contribution in [3.05, 3.63) is 72.6 Å². The lowest BCUT2D eigenvalue weighted by atomic mass is 10.0. The molecule has 2 heterocycles. The Labute approximate surface area is 184 Å². The van der Waals surface area contributed by atoms with E-state index in [2.05, 4.69) is 44.4 Å². The SMILES string of the molecule is C=CNc1cc(S(=O)(=O)NCC(c2cn(C)c3ccccc23)N2CCCC2)ccc1C. The molecule has 0 aliphatic carbocycles. The summed E-state index contributed by atoms with van der Waals surface area (Å²) in [6, 6.07) is 13.4. The number of fused-ring (bicyclic) bond motifs is 1. The molecule has 1 unspecified atom stereocenters. The zero-order valence-electron chi connectivity index (χ0n) is 18.1. The van der Waals surface area contributed by atoms with E-state index in [1.165, 1.54) is 10.9 Å². The second-order valence-electron chi connectivity index (χ2n) is 8.15. The van der Waals surface area contributed by atoms with E-state index in [1.54, 1.807) is 18.3 Å². The van der Waals surface area contributed by atoms with E-state index < -0.39 is 10.0 Å². The highest BCUT2D eigenvalue weighted by molar-refractivity contribution is 7.89. The number of hydrogen-bond donors (Lipinski definition) is 2. The molecule has 7 heteroatoms.